The number of nitrogens with one attached hydrogen (secondary N) is 2. The molecular formula is C24H24N4O. The van der Waals surface area contributed by atoms with Crippen molar-refractivity contribution in [3.05, 3.63) is 95.9 Å². The number of benzene rings is 2. The number of nitrogens with zero attached hydrogens (tertiary/aromatic N) is 2. The minimum atomic E-state index is -0.0888. The molecule has 1 amide bonds. The first-order valence-electron chi connectivity index (χ1n) is 9.75. The van der Waals surface area contributed by atoms with Crippen LogP contribution in [0.2, 0.25) is 0 Å². The number of amides is 1. The third kappa shape index (κ3) is 4.46. The van der Waals surface area contributed by atoms with Crippen molar-refractivity contribution in [2.24, 2.45) is 0 Å². The summed E-state index contributed by atoms with van der Waals surface area (Å²) >= 11 is 0. The summed E-state index contributed by atoms with van der Waals surface area (Å²) in [5.74, 6) is -0.0888. The lowest BCUT2D eigenvalue weighted by molar-refractivity contribution is 0.0779. The van der Waals surface area contributed by atoms with Crippen LogP contribution in [-0.2, 0) is 13.0 Å². The Morgan fingerprint density at radius 1 is 1.07 bits per heavy atom. The number of hydrogen-bond acceptors (Lipinski definition) is 3. The van der Waals surface area contributed by atoms with Crippen LogP contribution in [0.15, 0.2) is 79.1 Å². The number of rotatable bonds is 7. The van der Waals surface area contributed by atoms with Gasteiger partial charge in [0, 0.05) is 49.1 Å². The van der Waals surface area contributed by atoms with E-state index in [1.807, 2.05) is 48.5 Å². The molecule has 0 saturated heterocycles. The minimum absolute atomic E-state index is 0.0888. The van der Waals surface area contributed by atoms with E-state index >= 15 is 0 Å². The first-order chi connectivity index (χ1) is 14.2. The second kappa shape index (κ2) is 8.61. The molecule has 0 radical (unpaired) electrons. The number of carbonyl (C=O) groups excluding carboxylic acids is 1. The van der Waals surface area contributed by atoms with Gasteiger partial charge in [0.05, 0.1) is 0 Å². The molecule has 2 N–H and O–H groups in total. The van der Waals surface area contributed by atoms with E-state index in [0.717, 1.165) is 29.7 Å². The lowest BCUT2D eigenvalue weighted by atomic mass is 10.1. The number of hydrogen-bond donors (Lipinski definition) is 2. The van der Waals surface area contributed by atoms with E-state index in [0.29, 0.717) is 12.2 Å². The number of carbonyl (C=O) groups is 1. The summed E-state index contributed by atoms with van der Waals surface area (Å²) in [6, 6.07) is 22.0. The highest BCUT2D eigenvalue weighted by molar-refractivity contribution is 5.93. The molecular weight excluding hydrogens is 360 g/mol. The number of pyridine rings is 1. The predicted octanol–water partition coefficient (Wildman–Crippen LogP) is 4.49. The van der Waals surface area contributed by atoms with Crippen molar-refractivity contribution in [2.75, 3.05) is 18.9 Å². The SMILES string of the molecule is CN(Cc1ccccc1)C(=O)c1cc(NCCc2c[nH]c3ccccc23)ccn1. The predicted molar refractivity (Wildman–Crippen MR) is 117 cm³/mol. The van der Waals surface area contributed by atoms with Crippen LogP contribution in [0.4, 0.5) is 5.69 Å². The number of para-hydroxylation sites is 1. The van der Waals surface area contributed by atoms with Gasteiger partial charge in [0.15, 0.2) is 0 Å². The standard InChI is InChI=1S/C24H24N4O/c1-28(17-18-7-3-2-4-8-18)24(29)23-15-20(12-14-26-23)25-13-11-19-16-27-22-10-6-5-9-21(19)22/h2-10,12,14-16,27H,11,13,17H2,1H3,(H,25,26). The summed E-state index contributed by atoms with van der Waals surface area (Å²) in [5, 5.41) is 4.66. The maximum atomic E-state index is 12.7. The van der Waals surface area contributed by atoms with Crippen LogP contribution in [-0.4, -0.2) is 34.4 Å². The van der Waals surface area contributed by atoms with Gasteiger partial charge in [0.2, 0.25) is 0 Å². The average Bonchev–Trinajstić information content (AvgIpc) is 3.17. The van der Waals surface area contributed by atoms with Crippen LogP contribution in [0.3, 0.4) is 0 Å². The van der Waals surface area contributed by atoms with Crippen LogP contribution >= 0.6 is 0 Å². The molecule has 5 nitrogen and oxygen atoms in total. The summed E-state index contributed by atoms with van der Waals surface area (Å²) in [6.07, 6.45) is 4.63. The third-order valence-corrected chi connectivity index (χ3v) is 4.99. The molecule has 0 spiro atoms. The van der Waals surface area contributed by atoms with Gasteiger partial charge in [0.1, 0.15) is 5.69 Å². The smallest absolute Gasteiger partial charge is 0.272 e. The number of anilines is 1. The number of H-pyrrole nitrogens is 1. The van der Waals surface area contributed by atoms with Gasteiger partial charge in [-0.25, -0.2) is 0 Å². The van der Waals surface area contributed by atoms with Gasteiger partial charge in [0.25, 0.3) is 5.91 Å². The van der Waals surface area contributed by atoms with Crippen LogP contribution in [0.25, 0.3) is 10.9 Å². The van der Waals surface area contributed by atoms with Gasteiger partial charge in [-0.05, 0) is 35.7 Å². The van der Waals surface area contributed by atoms with Crippen LogP contribution in [0.5, 0.6) is 0 Å². The van der Waals surface area contributed by atoms with E-state index in [4.69, 9.17) is 0 Å². The van der Waals surface area contributed by atoms with E-state index in [1.165, 1.54) is 10.9 Å². The molecule has 5 heteroatoms. The van der Waals surface area contributed by atoms with Gasteiger partial charge in [-0.15, -0.1) is 0 Å². The zero-order valence-corrected chi connectivity index (χ0v) is 16.4. The topological polar surface area (TPSA) is 61.0 Å². The summed E-state index contributed by atoms with van der Waals surface area (Å²) in [4.78, 5) is 22.0. The quantitative estimate of drug-likeness (QED) is 0.493. The maximum absolute atomic E-state index is 12.7. The average molecular weight is 384 g/mol. The van der Waals surface area contributed by atoms with E-state index in [1.54, 1.807) is 18.1 Å². The largest absolute Gasteiger partial charge is 0.385 e. The fraction of sp³-hybridized carbons (Fsp3) is 0.167. The third-order valence-electron chi connectivity index (χ3n) is 4.99. The molecule has 0 saturated carbocycles. The highest BCUT2D eigenvalue weighted by Gasteiger charge is 2.14. The lowest BCUT2D eigenvalue weighted by Gasteiger charge is -2.17. The molecule has 0 aliphatic carbocycles. The van der Waals surface area contributed by atoms with Gasteiger partial charge in [-0.3, -0.25) is 9.78 Å². The van der Waals surface area contributed by atoms with Crippen molar-refractivity contribution in [2.45, 2.75) is 13.0 Å². The van der Waals surface area contributed by atoms with E-state index in [9.17, 15) is 4.79 Å². The van der Waals surface area contributed by atoms with E-state index in [2.05, 4.69) is 39.7 Å². The van der Waals surface area contributed by atoms with Crippen LogP contribution < -0.4 is 5.32 Å². The Bertz CT molecular complexity index is 1100. The Kier molecular flexibility index (Phi) is 5.56. The molecule has 0 fully saturated rings. The number of aromatic nitrogens is 2. The highest BCUT2D eigenvalue weighted by atomic mass is 16.2. The Labute approximate surface area is 170 Å². The van der Waals surface area contributed by atoms with Gasteiger partial charge >= 0.3 is 0 Å². The Balaban J connectivity index is 1.37. The minimum Gasteiger partial charge on any atom is -0.385 e. The molecule has 0 aliphatic heterocycles. The molecule has 2 heterocycles. The summed E-state index contributed by atoms with van der Waals surface area (Å²) < 4.78 is 0. The molecule has 4 aromatic rings. The van der Waals surface area contributed by atoms with Gasteiger partial charge in [-0.2, -0.15) is 0 Å². The van der Waals surface area contributed by atoms with Crippen molar-refractivity contribution in [1.82, 2.24) is 14.9 Å². The summed E-state index contributed by atoms with van der Waals surface area (Å²) in [7, 11) is 1.80. The van der Waals surface area contributed by atoms with E-state index < -0.39 is 0 Å². The second-order valence-electron chi connectivity index (χ2n) is 7.11. The molecule has 0 atom stereocenters. The lowest BCUT2D eigenvalue weighted by Crippen LogP contribution is -2.27. The molecule has 146 valence electrons. The maximum Gasteiger partial charge on any atom is 0.272 e. The normalized spacial score (nSPS) is 10.8. The van der Waals surface area contributed by atoms with Gasteiger partial charge in [-0.1, -0.05) is 48.5 Å². The summed E-state index contributed by atoms with van der Waals surface area (Å²) in [6.45, 7) is 1.33. The zero-order chi connectivity index (χ0) is 20.1. The van der Waals surface area contributed by atoms with Crippen molar-refractivity contribution < 1.29 is 4.79 Å². The fourth-order valence-electron chi connectivity index (χ4n) is 3.46. The fourth-order valence-corrected chi connectivity index (χ4v) is 3.46. The molecule has 0 bridgehead atoms. The van der Waals surface area contributed by atoms with Crippen molar-refractivity contribution in [1.29, 1.82) is 0 Å². The van der Waals surface area contributed by atoms with Crippen LogP contribution in [0.1, 0.15) is 21.6 Å². The van der Waals surface area contributed by atoms with Crippen molar-refractivity contribution in [3.8, 4) is 0 Å². The van der Waals surface area contributed by atoms with Gasteiger partial charge < -0.3 is 15.2 Å². The summed E-state index contributed by atoms with van der Waals surface area (Å²) in [5.41, 5.74) is 4.87. The molecule has 4 rings (SSSR count). The first kappa shape index (κ1) is 18.7. The highest BCUT2D eigenvalue weighted by Crippen LogP contribution is 2.18. The first-order valence-corrected chi connectivity index (χ1v) is 9.75. The molecule has 2 aromatic heterocycles. The molecule has 0 unspecified atom stereocenters. The number of aromatic amines is 1. The monoisotopic (exact) mass is 384 g/mol. The van der Waals surface area contributed by atoms with Crippen molar-refractivity contribution >= 4 is 22.5 Å². The van der Waals surface area contributed by atoms with E-state index in [-0.39, 0.29) is 5.91 Å². The Morgan fingerprint density at radius 3 is 2.72 bits per heavy atom. The Hall–Kier alpha value is -3.60. The van der Waals surface area contributed by atoms with Crippen LogP contribution in [0, 0.1) is 0 Å². The second-order valence-corrected chi connectivity index (χ2v) is 7.11. The molecule has 29 heavy (non-hydrogen) atoms. The Morgan fingerprint density at radius 2 is 1.86 bits per heavy atom. The zero-order valence-electron chi connectivity index (χ0n) is 16.4. The van der Waals surface area contributed by atoms with Crippen molar-refractivity contribution in [3.63, 3.8) is 0 Å². The molecule has 0 aliphatic rings. The number of fused-ring (bicyclic) bond motifs is 1. The molecule has 2 aromatic carbocycles.